The van der Waals surface area contributed by atoms with Gasteiger partial charge in [-0.25, -0.2) is 0 Å². The molecule has 3 aliphatic heterocycles. The Morgan fingerprint density at radius 2 is 1.86 bits per heavy atom. The third-order valence-corrected chi connectivity index (χ3v) is 7.36. The number of piperidine rings is 3. The van der Waals surface area contributed by atoms with Gasteiger partial charge in [-0.05, 0) is 60.4 Å². The summed E-state index contributed by atoms with van der Waals surface area (Å²) in [6, 6.07) is 14.9. The molecule has 2 amide bonds. The van der Waals surface area contributed by atoms with Gasteiger partial charge >= 0.3 is 0 Å². The largest absolute Gasteiger partial charge is 0.338 e. The molecule has 4 atom stereocenters. The van der Waals surface area contributed by atoms with Crippen LogP contribution in [0.25, 0.3) is 10.8 Å². The summed E-state index contributed by atoms with van der Waals surface area (Å²) in [7, 11) is 0. The quantitative estimate of drug-likeness (QED) is 0.775. The first-order valence-electron chi connectivity index (χ1n) is 11.2. The van der Waals surface area contributed by atoms with E-state index in [0.29, 0.717) is 36.2 Å². The third-order valence-electron chi connectivity index (χ3n) is 7.36. The maximum atomic E-state index is 13.4. The van der Waals surface area contributed by atoms with E-state index >= 15 is 0 Å². The van der Waals surface area contributed by atoms with Gasteiger partial charge in [0.2, 0.25) is 5.91 Å². The molecular weight excluding hydrogens is 360 g/mol. The molecule has 2 aromatic carbocycles. The van der Waals surface area contributed by atoms with Crippen molar-refractivity contribution >= 4 is 22.6 Å². The molecule has 3 saturated heterocycles. The van der Waals surface area contributed by atoms with E-state index in [-0.39, 0.29) is 5.91 Å². The number of hydrogen-bond acceptors (Lipinski definition) is 2. The molecule has 5 rings (SSSR count). The number of fused-ring (bicyclic) bond motifs is 5. The van der Waals surface area contributed by atoms with Crippen LogP contribution in [0.5, 0.6) is 0 Å². The van der Waals surface area contributed by atoms with Gasteiger partial charge in [0.1, 0.15) is 0 Å². The number of carbonyl (C=O) groups is 2. The molecule has 2 aromatic rings. The lowest BCUT2D eigenvalue weighted by molar-refractivity contribution is -0.152. The Hall–Kier alpha value is -2.36. The summed E-state index contributed by atoms with van der Waals surface area (Å²) in [5, 5.41) is 2.28. The standard InChI is InChI=1S/C25H30N2O2/c1-2-6-22-20-14-21(23-9-5-10-24(28)27(22)23)16-26(15-20)25(29)19-12-11-17-7-3-4-8-18(17)13-19/h3-4,7-8,11-13,20-23H,2,5-6,9-10,14-16H2,1H3/t20-,21+,22-,23-/m0/s1. The second-order valence-electron chi connectivity index (χ2n) is 9.14. The predicted octanol–water partition coefficient (Wildman–Crippen LogP) is 4.48. The van der Waals surface area contributed by atoms with E-state index in [4.69, 9.17) is 0 Å². The molecule has 29 heavy (non-hydrogen) atoms. The Morgan fingerprint density at radius 3 is 2.69 bits per heavy atom. The van der Waals surface area contributed by atoms with Gasteiger partial charge in [-0.3, -0.25) is 9.59 Å². The summed E-state index contributed by atoms with van der Waals surface area (Å²) in [4.78, 5) is 30.5. The van der Waals surface area contributed by atoms with Gasteiger partial charge < -0.3 is 9.80 Å². The zero-order valence-corrected chi connectivity index (χ0v) is 17.2. The Kier molecular flexibility index (Phi) is 4.81. The van der Waals surface area contributed by atoms with Crippen LogP contribution >= 0.6 is 0 Å². The predicted molar refractivity (Wildman–Crippen MR) is 115 cm³/mol. The minimum absolute atomic E-state index is 0.149. The van der Waals surface area contributed by atoms with E-state index in [1.54, 1.807) is 0 Å². The maximum Gasteiger partial charge on any atom is 0.253 e. The van der Waals surface area contributed by atoms with E-state index < -0.39 is 0 Å². The molecule has 4 nitrogen and oxygen atoms in total. The minimum Gasteiger partial charge on any atom is -0.338 e. The molecule has 152 valence electrons. The fraction of sp³-hybridized carbons (Fsp3) is 0.520. The highest BCUT2D eigenvalue weighted by molar-refractivity contribution is 5.98. The van der Waals surface area contributed by atoms with Crippen LogP contribution in [-0.4, -0.2) is 46.8 Å². The number of benzene rings is 2. The van der Waals surface area contributed by atoms with E-state index in [1.807, 2.05) is 24.3 Å². The van der Waals surface area contributed by atoms with Crippen LogP contribution in [0.3, 0.4) is 0 Å². The normalized spacial score (nSPS) is 29.1. The summed E-state index contributed by atoms with van der Waals surface area (Å²) in [5.74, 6) is 1.34. The van der Waals surface area contributed by atoms with E-state index in [9.17, 15) is 9.59 Å². The highest BCUT2D eigenvalue weighted by Gasteiger charge is 2.49. The summed E-state index contributed by atoms with van der Waals surface area (Å²) in [6.07, 6.45) is 6.11. The summed E-state index contributed by atoms with van der Waals surface area (Å²) in [6.45, 7) is 3.77. The number of rotatable bonds is 3. The zero-order chi connectivity index (χ0) is 20.0. The molecule has 3 heterocycles. The van der Waals surface area contributed by atoms with Crippen molar-refractivity contribution in [2.45, 2.75) is 57.5 Å². The first-order chi connectivity index (χ1) is 14.2. The molecule has 0 spiro atoms. The van der Waals surface area contributed by atoms with Gasteiger partial charge in [-0.15, -0.1) is 0 Å². The van der Waals surface area contributed by atoms with Crippen LogP contribution in [-0.2, 0) is 4.79 Å². The molecule has 0 aromatic heterocycles. The van der Waals surface area contributed by atoms with Gasteiger partial charge in [-0.1, -0.05) is 43.7 Å². The van der Waals surface area contributed by atoms with Gasteiger partial charge in [-0.2, -0.15) is 0 Å². The number of nitrogens with zero attached hydrogens (tertiary/aromatic N) is 2. The fourth-order valence-corrected chi connectivity index (χ4v) is 6.11. The van der Waals surface area contributed by atoms with Gasteiger partial charge in [0, 0.05) is 37.2 Å². The summed E-state index contributed by atoms with van der Waals surface area (Å²) < 4.78 is 0. The molecule has 0 N–H and O–H groups in total. The van der Waals surface area contributed by atoms with E-state index in [0.717, 1.165) is 49.7 Å². The molecule has 0 radical (unpaired) electrons. The monoisotopic (exact) mass is 390 g/mol. The molecule has 0 aliphatic carbocycles. The van der Waals surface area contributed by atoms with Gasteiger partial charge in [0.15, 0.2) is 0 Å². The summed E-state index contributed by atoms with van der Waals surface area (Å²) in [5.41, 5.74) is 0.785. The molecule has 0 unspecified atom stereocenters. The average molecular weight is 391 g/mol. The first-order valence-corrected chi connectivity index (χ1v) is 11.2. The highest BCUT2D eigenvalue weighted by Crippen LogP contribution is 2.43. The molecule has 3 fully saturated rings. The van der Waals surface area contributed by atoms with Crippen molar-refractivity contribution in [1.82, 2.24) is 9.80 Å². The van der Waals surface area contributed by atoms with Crippen molar-refractivity contribution in [1.29, 1.82) is 0 Å². The Labute approximate surface area is 172 Å². The lowest BCUT2D eigenvalue weighted by atomic mass is 9.71. The molecule has 2 bridgehead atoms. The van der Waals surface area contributed by atoms with Crippen molar-refractivity contribution in [3.63, 3.8) is 0 Å². The topological polar surface area (TPSA) is 40.6 Å². The molecule has 3 aliphatic rings. The minimum atomic E-state index is 0.149. The van der Waals surface area contributed by atoms with Crippen molar-refractivity contribution < 1.29 is 9.59 Å². The van der Waals surface area contributed by atoms with Gasteiger partial charge in [0.25, 0.3) is 5.91 Å². The smallest absolute Gasteiger partial charge is 0.253 e. The van der Waals surface area contributed by atoms with Crippen molar-refractivity contribution in [3.05, 3.63) is 48.0 Å². The van der Waals surface area contributed by atoms with Crippen LogP contribution < -0.4 is 0 Å². The summed E-state index contributed by atoms with van der Waals surface area (Å²) >= 11 is 0. The first kappa shape index (κ1) is 18.7. The van der Waals surface area contributed by atoms with Crippen LogP contribution in [0, 0.1) is 11.8 Å². The number of carbonyl (C=O) groups excluding carboxylic acids is 2. The number of likely N-dealkylation sites (tertiary alicyclic amines) is 1. The molecular formula is C25H30N2O2. The Bertz CT molecular complexity index is 939. The van der Waals surface area contributed by atoms with Crippen molar-refractivity contribution in [2.75, 3.05) is 13.1 Å². The Balaban J connectivity index is 1.42. The number of amides is 2. The van der Waals surface area contributed by atoms with Crippen LogP contribution in [0.15, 0.2) is 42.5 Å². The van der Waals surface area contributed by atoms with Crippen LogP contribution in [0.1, 0.15) is 55.8 Å². The lowest BCUT2D eigenvalue weighted by Crippen LogP contribution is -2.65. The molecule has 4 heteroatoms. The maximum absolute atomic E-state index is 13.4. The highest BCUT2D eigenvalue weighted by atomic mass is 16.2. The number of hydrogen-bond donors (Lipinski definition) is 0. The van der Waals surface area contributed by atoms with E-state index in [1.165, 1.54) is 11.8 Å². The lowest BCUT2D eigenvalue weighted by Gasteiger charge is -2.56. The Morgan fingerprint density at radius 1 is 1.07 bits per heavy atom. The molecule has 0 saturated carbocycles. The second kappa shape index (κ2) is 7.47. The van der Waals surface area contributed by atoms with Gasteiger partial charge in [0.05, 0.1) is 0 Å². The SMILES string of the molecule is CCC[C@H]1[C@H]2C[C@H](CN(C(=O)c3ccc4ccccc4c3)C2)[C@@H]2CCCC(=O)N21. The second-order valence-corrected chi connectivity index (χ2v) is 9.14. The van der Waals surface area contributed by atoms with Crippen molar-refractivity contribution in [3.8, 4) is 0 Å². The van der Waals surface area contributed by atoms with E-state index in [2.05, 4.69) is 34.9 Å². The zero-order valence-electron chi connectivity index (χ0n) is 17.2. The van der Waals surface area contributed by atoms with Crippen molar-refractivity contribution in [2.24, 2.45) is 11.8 Å². The fourth-order valence-electron chi connectivity index (χ4n) is 6.11. The average Bonchev–Trinajstić information content (AvgIpc) is 2.76. The van der Waals surface area contributed by atoms with Crippen LogP contribution in [0.2, 0.25) is 0 Å². The van der Waals surface area contributed by atoms with Crippen LogP contribution in [0.4, 0.5) is 0 Å². The third kappa shape index (κ3) is 3.23.